The fourth-order valence-electron chi connectivity index (χ4n) is 3.98. The van der Waals surface area contributed by atoms with Gasteiger partial charge in [0.25, 0.3) is 11.9 Å². The molecule has 29 heavy (non-hydrogen) atoms. The molecule has 1 atom stereocenters. The molecule has 1 saturated carbocycles. The number of hydrogen-bond donors (Lipinski definition) is 7. The zero-order chi connectivity index (χ0) is 21.5. The number of benzene rings is 1. The second-order valence-corrected chi connectivity index (χ2v) is 7.94. The summed E-state index contributed by atoms with van der Waals surface area (Å²) >= 11 is 0. The van der Waals surface area contributed by atoms with Crippen molar-refractivity contribution in [1.29, 1.82) is 0 Å². The molecule has 1 fully saturated rings. The first-order valence-corrected chi connectivity index (χ1v) is 9.92. The van der Waals surface area contributed by atoms with Gasteiger partial charge in [0, 0.05) is 6.54 Å². The molecule has 9 heteroatoms. The fraction of sp³-hybridized carbons (Fsp3) is 0.700. The van der Waals surface area contributed by atoms with Crippen molar-refractivity contribution >= 4 is 0 Å². The molecule has 0 radical (unpaired) electrons. The van der Waals surface area contributed by atoms with Crippen molar-refractivity contribution in [2.75, 3.05) is 32.8 Å². The highest BCUT2D eigenvalue weighted by Gasteiger charge is 2.39. The first-order chi connectivity index (χ1) is 13.5. The zero-order valence-corrected chi connectivity index (χ0v) is 16.5. The summed E-state index contributed by atoms with van der Waals surface area (Å²) in [5.41, 5.74) is -0.403. The summed E-state index contributed by atoms with van der Waals surface area (Å²) in [5, 5.41) is 66.3. The Morgan fingerprint density at radius 1 is 0.828 bits per heavy atom. The average molecular weight is 415 g/mol. The summed E-state index contributed by atoms with van der Waals surface area (Å²) in [7, 11) is 0. The third-order valence-corrected chi connectivity index (χ3v) is 5.30. The molecular weight excluding hydrogens is 382 g/mol. The van der Waals surface area contributed by atoms with E-state index in [1.165, 1.54) is 0 Å². The van der Waals surface area contributed by atoms with E-state index in [1.54, 1.807) is 0 Å². The number of aliphatic hydroxyl groups is 7. The predicted octanol–water partition coefficient (Wildman–Crippen LogP) is -0.965. The standard InChI is InChI=1S/C20H33NO8/c22-18(16-7-3-1-4-8-16,17-9-5-2-6-10-17)15-29-12-11-21(13-19(23,24)25)14-20(26,27)28/h1,3-4,7-8,17,22-28H,2,5-6,9-15H2. The van der Waals surface area contributed by atoms with Gasteiger partial charge in [0.1, 0.15) is 5.60 Å². The first-order valence-electron chi connectivity index (χ1n) is 9.92. The van der Waals surface area contributed by atoms with E-state index < -0.39 is 30.6 Å². The molecule has 0 heterocycles. The van der Waals surface area contributed by atoms with Gasteiger partial charge in [-0.1, -0.05) is 49.6 Å². The van der Waals surface area contributed by atoms with Crippen molar-refractivity contribution in [2.45, 2.75) is 49.7 Å². The maximum absolute atomic E-state index is 11.5. The lowest BCUT2D eigenvalue weighted by Crippen LogP contribution is -2.51. The van der Waals surface area contributed by atoms with E-state index >= 15 is 0 Å². The van der Waals surface area contributed by atoms with Gasteiger partial charge in [0.15, 0.2) is 0 Å². The minimum Gasteiger partial charge on any atom is -0.382 e. The highest BCUT2D eigenvalue weighted by molar-refractivity contribution is 5.23. The SMILES string of the molecule is OC(O)(O)CN(CCOCC(O)(c1ccccc1)C1CCCCC1)CC(O)(O)O. The van der Waals surface area contributed by atoms with Crippen LogP contribution in [0.3, 0.4) is 0 Å². The molecule has 1 unspecified atom stereocenters. The Bertz CT molecular complexity index is 579. The van der Waals surface area contributed by atoms with E-state index in [1.807, 2.05) is 30.3 Å². The Balaban J connectivity index is 1.99. The van der Waals surface area contributed by atoms with Gasteiger partial charge in [-0.25, -0.2) is 0 Å². The zero-order valence-electron chi connectivity index (χ0n) is 16.5. The van der Waals surface area contributed by atoms with Crippen LogP contribution in [0.1, 0.15) is 37.7 Å². The minimum atomic E-state index is -3.07. The van der Waals surface area contributed by atoms with Gasteiger partial charge in [-0.15, -0.1) is 0 Å². The van der Waals surface area contributed by atoms with Crippen LogP contribution in [-0.2, 0) is 10.3 Å². The van der Waals surface area contributed by atoms with Gasteiger partial charge in [0.05, 0.1) is 26.3 Å². The van der Waals surface area contributed by atoms with Crippen LogP contribution in [0, 0.1) is 5.92 Å². The van der Waals surface area contributed by atoms with E-state index in [4.69, 9.17) is 35.4 Å². The van der Waals surface area contributed by atoms with E-state index in [-0.39, 0.29) is 25.7 Å². The van der Waals surface area contributed by atoms with Gasteiger partial charge in [-0.2, -0.15) is 0 Å². The van der Waals surface area contributed by atoms with Crippen LogP contribution < -0.4 is 0 Å². The van der Waals surface area contributed by atoms with Crippen LogP contribution >= 0.6 is 0 Å². The molecule has 1 aromatic carbocycles. The van der Waals surface area contributed by atoms with Crippen LogP contribution in [0.5, 0.6) is 0 Å². The quantitative estimate of drug-likeness (QED) is 0.179. The fourth-order valence-corrected chi connectivity index (χ4v) is 3.98. The lowest BCUT2D eigenvalue weighted by Gasteiger charge is -2.39. The summed E-state index contributed by atoms with van der Waals surface area (Å²) in [4.78, 5) is 1.02. The largest absolute Gasteiger partial charge is 0.382 e. The van der Waals surface area contributed by atoms with Crippen LogP contribution in [-0.4, -0.2) is 85.4 Å². The van der Waals surface area contributed by atoms with Crippen molar-refractivity contribution in [1.82, 2.24) is 4.90 Å². The molecule has 7 N–H and O–H groups in total. The molecule has 9 nitrogen and oxygen atoms in total. The third kappa shape index (κ3) is 8.25. The van der Waals surface area contributed by atoms with Crippen LogP contribution in [0.15, 0.2) is 30.3 Å². The molecule has 0 saturated heterocycles. The van der Waals surface area contributed by atoms with E-state index in [0.717, 1.165) is 42.6 Å². The summed E-state index contributed by atoms with van der Waals surface area (Å²) in [5.74, 6) is -6.09. The molecule has 1 aliphatic rings. The number of rotatable bonds is 11. The molecule has 0 amide bonds. The monoisotopic (exact) mass is 415 g/mol. The minimum absolute atomic E-state index is 0.00593. The Morgan fingerprint density at radius 2 is 1.38 bits per heavy atom. The molecule has 1 aliphatic carbocycles. The second kappa shape index (κ2) is 10.3. The Hall–Kier alpha value is -1.14. The number of hydrogen-bond acceptors (Lipinski definition) is 9. The predicted molar refractivity (Wildman–Crippen MR) is 103 cm³/mol. The van der Waals surface area contributed by atoms with Crippen LogP contribution in [0.2, 0.25) is 0 Å². The average Bonchev–Trinajstić information content (AvgIpc) is 2.64. The Morgan fingerprint density at radius 3 is 1.90 bits per heavy atom. The summed E-state index contributed by atoms with van der Waals surface area (Å²) < 4.78 is 5.68. The van der Waals surface area contributed by atoms with Gasteiger partial charge in [0.2, 0.25) is 0 Å². The van der Waals surface area contributed by atoms with Crippen LogP contribution in [0.25, 0.3) is 0 Å². The summed E-state index contributed by atoms with van der Waals surface area (Å²) in [6, 6.07) is 9.31. The number of nitrogens with zero attached hydrogens (tertiary/aromatic N) is 1. The van der Waals surface area contributed by atoms with Crippen molar-refractivity contribution < 1.29 is 40.5 Å². The van der Waals surface area contributed by atoms with Crippen molar-refractivity contribution in [3.8, 4) is 0 Å². The van der Waals surface area contributed by atoms with E-state index in [2.05, 4.69) is 0 Å². The molecule has 0 bridgehead atoms. The van der Waals surface area contributed by atoms with Gasteiger partial charge in [-0.05, 0) is 24.3 Å². The summed E-state index contributed by atoms with van der Waals surface area (Å²) in [6.07, 6.45) is 5.03. The highest BCUT2D eigenvalue weighted by atomic mass is 16.7. The van der Waals surface area contributed by atoms with E-state index in [0.29, 0.717) is 0 Å². The maximum Gasteiger partial charge on any atom is 0.288 e. The normalized spacial score (nSPS) is 18.8. The maximum atomic E-state index is 11.5. The Kier molecular flexibility index (Phi) is 8.53. The van der Waals surface area contributed by atoms with Crippen molar-refractivity contribution in [2.24, 2.45) is 5.92 Å². The molecule has 1 aromatic rings. The van der Waals surface area contributed by atoms with Crippen molar-refractivity contribution in [3.63, 3.8) is 0 Å². The molecular formula is C20H33NO8. The molecule has 0 aliphatic heterocycles. The van der Waals surface area contributed by atoms with Gasteiger partial charge < -0.3 is 40.5 Å². The van der Waals surface area contributed by atoms with Crippen molar-refractivity contribution in [3.05, 3.63) is 35.9 Å². The lowest BCUT2D eigenvalue weighted by atomic mass is 9.74. The topological polar surface area (TPSA) is 154 Å². The van der Waals surface area contributed by atoms with E-state index in [9.17, 15) is 5.11 Å². The third-order valence-electron chi connectivity index (χ3n) is 5.30. The Labute approximate surface area is 170 Å². The molecule has 166 valence electrons. The summed E-state index contributed by atoms with van der Waals surface area (Å²) in [6.45, 7) is -1.56. The molecule has 0 spiro atoms. The first kappa shape index (κ1) is 24.1. The smallest absolute Gasteiger partial charge is 0.288 e. The van der Waals surface area contributed by atoms with Gasteiger partial charge >= 0.3 is 0 Å². The highest BCUT2D eigenvalue weighted by Crippen LogP contribution is 2.39. The lowest BCUT2D eigenvalue weighted by molar-refractivity contribution is -0.340. The van der Waals surface area contributed by atoms with Crippen LogP contribution in [0.4, 0.5) is 0 Å². The molecule has 0 aromatic heterocycles. The second-order valence-electron chi connectivity index (χ2n) is 7.94. The molecule has 2 rings (SSSR count). The number of ether oxygens (including phenoxy) is 1. The van der Waals surface area contributed by atoms with Gasteiger partial charge in [-0.3, -0.25) is 4.90 Å².